The van der Waals surface area contributed by atoms with Gasteiger partial charge in [-0.1, -0.05) is 44.9 Å². The molecule has 0 aliphatic heterocycles. The van der Waals surface area contributed by atoms with Gasteiger partial charge in [0.1, 0.15) is 6.61 Å². The van der Waals surface area contributed by atoms with E-state index in [1.54, 1.807) is 0 Å². The number of esters is 1. The Kier molecular flexibility index (Phi) is 5.58. The fourth-order valence-electron chi connectivity index (χ4n) is 2.94. The van der Waals surface area contributed by atoms with E-state index >= 15 is 0 Å². The lowest BCUT2D eigenvalue weighted by molar-refractivity contribution is -0.139. The first-order valence-electron chi connectivity index (χ1n) is 7.41. The summed E-state index contributed by atoms with van der Waals surface area (Å²) in [5.41, 5.74) is 0.104. The molecule has 0 bridgehead atoms. The number of carbonyl (C=O) groups excluding carboxylic acids is 1. The SMILES string of the molecule is CC(=O)OC/C=C(C)/C=C/C1(O)C(C)CCCC1(C)C. The number of carbonyl (C=O) groups is 1. The summed E-state index contributed by atoms with van der Waals surface area (Å²) >= 11 is 0. The molecule has 0 spiro atoms. The molecule has 0 heterocycles. The highest BCUT2D eigenvalue weighted by molar-refractivity contribution is 5.66. The standard InChI is InChI=1S/C17H28O3/c1-13(9-12-20-15(3)18)8-11-17(19)14(2)7-6-10-16(17,4)5/h8-9,11,14,19H,6-7,10,12H2,1-5H3/b11-8+,13-9+. The van der Waals surface area contributed by atoms with E-state index in [2.05, 4.69) is 20.8 Å². The van der Waals surface area contributed by atoms with E-state index in [4.69, 9.17) is 4.74 Å². The van der Waals surface area contributed by atoms with E-state index in [9.17, 15) is 9.90 Å². The van der Waals surface area contributed by atoms with Crippen LogP contribution in [0, 0.1) is 11.3 Å². The van der Waals surface area contributed by atoms with Gasteiger partial charge < -0.3 is 9.84 Å². The minimum Gasteiger partial charge on any atom is -0.462 e. The van der Waals surface area contributed by atoms with Crippen molar-refractivity contribution in [3.63, 3.8) is 0 Å². The van der Waals surface area contributed by atoms with Gasteiger partial charge >= 0.3 is 5.97 Å². The maximum atomic E-state index is 11.0. The van der Waals surface area contributed by atoms with Crippen molar-refractivity contribution < 1.29 is 14.6 Å². The van der Waals surface area contributed by atoms with Crippen molar-refractivity contribution in [2.24, 2.45) is 11.3 Å². The second-order valence-corrected chi connectivity index (χ2v) is 6.59. The van der Waals surface area contributed by atoms with Crippen LogP contribution in [0.15, 0.2) is 23.8 Å². The molecule has 1 N–H and O–H groups in total. The Hall–Kier alpha value is -1.09. The van der Waals surface area contributed by atoms with Crippen LogP contribution in [0.4, 0.5) is 0 Å². The summed E-state index contributed by atoms with van der Waals surface area (Å²) in [6.07, 6.45) is 8.98. The van der Waals surface area contributed by atoms with E-state index in [1.165, 1.54) is 13.3 Å². The van der Waals surface area contributed by atoms with Gasteiger partial charge in [0.25, 0.3) is 0 Å². The van der Waals surface area contributed by atoms with Crippen LogP contribution in [0.3, 0.4) is 0 Å². The van der Waals surface area contributed by atoms with Crippen molar-refractivity contribution in [2.45, 2.75) is 59.5 Å². The molecule has 1 rings (SSSR count). The summed E-state index contributed by atoms with van der Waals surface area (Å²) in [4.78, 5) is 10.7. The third-order valence-electron chi connectivity index (χ3n) is 4.57. The Morgan fingerprint density at radius 1 is 1.40 bits per heavy atom. The zero-order valence-corrected chi connectivity index (χ0v) is 13.4. The molecule has 0 saturated heterocycles. The Morgan fingerprint density at radius 3 is 2.60 bits per heavy atom. The van der Waals surface area contributed by atoms with Gasteiger partial charge in [-0.05, 0) is 37.2 Å². The highest BCUT2D eigenvalue weighted by atomic mass is 16.5. The van der Waals surface area contributed by atoms with Crippen molar-refractivity contribution in [1.82, 2.24) is 0 Å². The second-order valence-electron chi connectivity index (χ2n) is 6.59. The van der Waals surface area contributed by atoms with Crippen LogP contribution in [0.25, 0.3) is 0 Å². The molecule has 1 aliphatic carbocycles. The molecule has 3 nitrogen and oxygen atoms in total. The lowest BCUT2D eigenvalue weighted by atomic mass is 9.60. The highest BCUT2D eigenvalue weighted by Crippen LogP contribution is 2.47. The van der Waals surface area contributed by atoms with Gasteiger partial charge in [0.05, 0.1) is 5.60 Å². The van der Waals surface area contributed by atoms with Crippen LogP contribution in [-0.2, 0) is 9.53 Å². The van der Waals surface area contributed by atoms with Gasteiger partial charge in [0, 0.05) is 6.92 Å². The second kappa shape index (κ2) is 6.57. The topological polar surface area (TPSA) is 46.5 Å². The summed E-state index contributed by atoms with van der Waals surface area (Å²) < 4.78 is 4.88. The number of allylic oxidation sites excluding steroid dienone is 2. The van der Waals surface area contributed by atoms with Gasteiger partial charge in [0.2, 0.25) is 0 Å². The molecule has 0 aromatic rings. The number of rotatable bonds is 4. The maximum absolute atomic E-state index is 11.0. The van der Waals surface area contributed by atoms with Gasteiger partial charge in [-0.3, -0.25) is 4.79 Å². The molecule has 0 aromatic carbocycles. The van der Waals surface area contributed by atoms with Crippen molar-refractivity contribution >= 4 is 5.97 Å². The highest BCUT2D eigenvalue weighted by Gasteiger charge is 2.47. The number of aliphatic hydroxyl groups is 1. The predicted octanol–water partition coefficient (Wildman–Crippen LogP) is 3.63. The molecule has 0 amide bonds. The average Bonchev–Trinajstić information content (AvgIpc) is 2.33. The van der Waals surface area contributed by atoms with E-state index < -0.39 is 5.60 Å². The summed E-state index contributed by atoms with van der Waals surface area (Å²) in [6, 6.07) is 0. The Bertz CT molecular complexity index is 406. The summed E-state index contributed by atoms with van der Waals surface area (Å²) in [7, 11) is 0. The van der Waals surface area contributed by atoms with Gasteiger partial charge in [-0.15, -0.1) is 0 Å². The van der Waals surface area contributed by atoms with Gasteiger partial charge in [-0.2, -0.15) is 0 Å². The van der Waals surface area contributed by atoms with Crippen LogP contribution < -0.4 is 0 Å². The minimum atomic E-state index is -0.776. The predicted molar refractivity (Wildman–Crippen MR) is 81.3 cm³/mol. The Balaban J connectivity index is 2.77. The van der Waals surface area contributed by atoms with Crippen molar-refractivity contribution in [1.29, 1.82) is 0 Å². The monoisotopic (exact) mass is 280 g/mol. The zero-order chi connectivity index (χ0) is 15.4. The fourth-order valence-corrected chi connectivity index (χ4v) is 2.94. The minimum absolute atomic E-state index is 0.114. The maximum Gasteiger partial charge on any atom is 0.302 e. The largest absolute Gasteiger partial charge is 0.462 e. The average molecular weight is 280 g/mol. The molecule has 0 aromatic heterocycles. The lowest BCUT2D eigenvalue weighted by Gasteiger charge is -2.49. The van der Waals surface area contributed by atoms with E-state index in [0.717, 1.165) is 18.4 Å². The first-order valence-corrected chi connectivity index (χ1v) is 7.41. The number of hydrogen-bond donors (Lipinski definition) is 1. The third kappa shape index (κ3) is 3.95. The lowest BCUT2D eigenvalue weighted by Crippen LogP contribution is -2.50. The van der Waals surface area contributed by atoms with Crippen LogP contribution in [-0.4, -0.2) is 23.3 Å². The van der Waals surface area contributed by atoms with E-state index in [1.807, 2.05) is 25.2 Å². The van der Waals surface area contributed by atoms with Crippen molar-refractivity contribution in [3.05, 3.63) is 23.8 Å². The van der Waals surface area contributed by atoms with E-state index in [-0.39, 0.29) is 23.9 Å². The molecule has 0 radical (unpaired) electrons. The molecule has 1 saturated carbocycles. The normalized spacial score (nSPS) is 30.5. The fraction of sp³-hybridized carbons (Fsp3) is 0.706. The van der Waals surface area contributed by atoms with Gasteiger partial charge in [-0.25, -0.2) is 0 Å². The first-order chi connectivity index (χ1) is 9.19. The van der Waals surface area contributed by atoms with Gasteiger partial charge in [0.15, 0.2) is 0 Å². The van der Waals surface area contributed by atoms with E-state index in [0.29, 0.717) is 0 Å². The molecule has 1 fully saturated rings. The van der Waals surface area contributed by atoms with Crippen molar-refractivity contribution in [3.8, 4) is 0 Å². The number of ether oxygens (including phenoxy) is 1. The van der Waals surface area contributed by atoms with Crippen LogP contribution in [0.1, 0.15) is 53.9 Å². The van der Waals surface area contributed by atoms with Crippen LogP contribution >= 0.6 is 0 Å². The van der Waals surface area contributed by atoms with Crippen LogP contribution in [0.2, 0.25) is 0 Å². The first kappa shape index (κ1) is 17.0. The molecular formula is C17H28O3. The molecule has 2 unspecified atom stereocenters. The summed E-state index contributed by atoms with van der Waals surface area (Å²) in [5.74, 6) is -0.0255. The molecule has 1 aliphatic rings. The quantitative estimate of drug-likeness (QED) is 0.632. The van der Waals surface area contributed by atoms with Crippen LogP contribution in [0.5, 0.6) is 0 Å². The molecular weight excluding hydrogens is 252 g/mol. The molecule has 114 valence electrons. The molecule has 20 heavy (non-hydrogen) atoms. The zero-order valence-electron chi connectivity index (χ0n) is 13.4. The Morgan fingerprint density at radius 2 is 2.05 bits per heavy atom. The molecule has 2 atom stereocenters. The number of hydrogen-bond acceptors (Lipinski definition) is 3. The Labute approximate surface area is 122 Å². The van der Waals surface area contributed by atoms with Crippen molar-refractivity contribution in [2.75, 3.05) is 6.61 Å². The smallest absolute Gasteiger partial charge is 0.302 e. The third-order valence-corrected chi connectivity index (χ3v) is 4.57. The molecule has 3 heteroatoms. The summed E-state index contributed by atoms with van der Waals surface area (Å²) in [5, 5.41) is 11.0. The summed E-state index contributed by atoms with van der Waals surface area (Å²) in [6.45, 7) is 10.00.